The van der Waals surface area contributed by atoms with Gasteiger partial charge in [-0.25, -0.2) is 0 Å². The number of nitro groups is 1. The second-order valence-electron chi connectivity index (χ2n) is 7.02. The van der Waals surface area contributed by atoms with Crippen molar-refractivity contribution in [2.45, 2.75) is 19.6 Å². The molecular weight excluding hydrogens is 384 g/mol. The normalized spacial score (nSPS) is 15.1. The van der Waals surface area contributed by atoms with E-state index in [1.54, 1.807) is 43.3 Å². The maximum Gasteiger partial charge on any atom is 0.269 e. The number of anilines is 1. The molecule has 30 heavy (non-hydrogen) atoms. The number of carbonyl (C=O) groups is 1. The summed E-state index contributed by atoms with van der Waals surface area (Å²) in [5.41, 5.74) is 3.57. The zero-order chi connectivity index (χ0) is 21.3. The van der Waals surface area contributed by atoms with Gasteiger partial charge in [0.25, 0.3) is 11.6 Å². The number of aromatic nitrogens is 1. The van der Waals surface area contributed by atoms with Gasteiger partial charge < -0.3 is 15.0 Å². The summed E-state index contributed by atoms with van der Waals surface area (Å²) < 4.78 is 5.20. The van der Waals surface area contributed by atoms with Crippen molar-refractivity contribution in [1.29, 1.82) is 0 Å². The van der Waals surface area contributed by atoms with Crippen LogP contribution in [0.1, 0.15) is 33.3 Å². The molecule has 1 amide bonds. The van der Waals surface area contributed by atoms with Crippen molar-refractivity contribution in [1.82, 2.24) is 9.88 Å². The van der Waals surface area contributed by atoms with E-state index in [0.29, 0.717) is 29.1 Å². The molecule has 8 heteroatoms. The van der Waals surface area contributed by atoms with Crippen LogP contribution in [0.4, 0.5) is 11.4 Å². The van der Waals surface area contributed by atoms with E-state index >= 15 is 0 Å². The molecule has 3 aromatic rings. The number of ether oxygens (including phenoxy) is 1. The number of nitro benzene ring substituents is 1. The molecule has 0 fully saturated rings. The van der Waals surface area contributed by atoms with E-state index in [1.165, 1.54) is 12.1 Å². The lowest BCUT2D eigenvalue weighted by molar-refractivity contribution is -0.384. The van der Waals surface area contributed by atoms with Gasteiger partial charge in [-0.3, -0.25) is 19.9 Å². The highest BCUT2D eigenvalue weighted by atomic mass is 16.6. The van der Waals surface area contributed by atoms with Crippen LogP contribution in [0.5, 0.6) is 5.75 Å². The Hall–Kier alpha value is -3.94. The number of amides is 1. The summed E-state index contributed by atoms with van der Waals surface area (Å²) in [6.45, 7) is 2.17. The number of pyridine rings is 1. The fraction of sp³-hybridized carbons (Fsp3) is 0.182. The molecule has 0 unspecified atom stereocenters. The van der Waals surface area contributed by atoms with Gasteiger partial charge in [-0.15, -0.1) is 0 Å². The summed E-state index contributed by atoms with van der Waals surface area (Å²) in [4.78, 5) is 29.8. The van der Waals surface area contributed by atoms with Gasteiger partial charge in [-0.1, -0.05) is 12.1 Å². The average molecular weight is 404 g/mol. The minimum Gasteiger partial charge on any atom is -0.497 e. The second kappa shape index (κ2) is 7.82. The van der Waals surface area contributed by atoms with E-state index in [4.69, 9.17) is 4.74 Å². The van der Waals surface area contributed by atoms with Crippen molar-refractivity contribution in [3.8, 4) is 5.75 Å². The predicted octanol–water partition coefficient (Wildman–Crippen LogP) is 4.07. The largest absolute Gasteiger partial charge is 0.497 e. The number of hydrogen-bond acceptors (Lipinski definition) is 6. The summed E-state index contributed by atoms with van der Waals surface area (Å²) >= 11 is 0. The van der Waals surface area contributed by atoms with Crippen molar-refractivity contribution >= 4 is 17.3 Å². The maximum atomic E-state index is 13.1. The van der Waals surface area contributed by atoms with Crippen LogP contribution in [0.3, 0.4) is 0 Å². The molecule has 4 rings (SSSR count). The summed E-state index contributed by atoms with van der Waals surface area (Å²) in [6, 6.07) is 15.6. The van der Waals surface area contributed by atoms with Crippen LogP contribution in [-0.4, -0.2) is 27.8 Å². The number of rotatable bonds is 6. The number of benzene rings is 2. The molecular formula is C22H20N4O4. The van der Waals surface area contributed by atoms with Crippen LogP contribution in [0.2, 0.25) is 0 Å². The van der Waals surface area contributed by atoms with Crippen LogP contribution < -0.4 is 10.1 Å². The smallest absolute Gasteiger partial charge is 0.269 e. The fourth-order valence-electron chi connectivity index (χ4n) is 3.54. The first-order chi connectivity index (χ1) is 14.5. The van der Waals surface area contributed by atoms with Crippen molar-refractivity contribution < 1.29 is 14.5 Å². The number of nitrogens with one attached hydrogen (secondary N) is 1. The summed E-state index contributed by atoms with van der Waals surface area (Å²) in [5.74, 6) is 0.624. The lowest BCUT2D eigenvalue weighted by Crippen LogP contribution is -2.32. The molecule has 0 aliphatic carbocycles. The lowest BCUT2D eigenvalue weighted by atomic mass is 10.1. The zero-order valence-electron chi connectivity index (χ0n) is 16.5. The van der Waals surface area contributed by atoms with Gasteiger partial charge in [0.05, 0.1) is 23.3 Å². The highest BCUT2D eigenvalue weighted by Gasteiger charge is 2.38. The predicted molar refractivity (Wildman–Crippen MR) is 111 cm³/mol. The Morgan fingerprint density at radius 2 is 1.97 bits per heavy atom. The first-order valence-electron chi connectivity index (χ1n) is 9.38. The van der Waals surface area contributed by atoms with E-state index in [1.807, 2.05) is 24.3 Å². The summed E-state index contributed by atoms with van der Waals surface area (Å²) in [5, 5.41) is 14.4. The van der Waals surface area contributed by atoms with Gasteiger partial charge >= 0.3 is 0 Å². The minimum absolute atomic E-state index is 0.0224. The number of methoxy groups -OCH3 is 1. The second-order valence-corrected chi connectivity index (χ2v) is 7.02. The van der Waals surface area contributed by atoms with E-state index in [2.05, 4.69) is 10.3 Å². The SMILES string of the molecule is COc1ccc(CN2C(=O)c3cccnc3[C@H]2Nc2ccc([N+](=O)[O-])cc2C)cc1. The minimum atomic E-state index is -0.490. The highest BCUT2D eigenvalue weighted by molar-refractivity contribution is 5.99. The molecule has 8 nitrogen and oxygen atoms in total. The average Bonchev–Trinajstić information content (AvgIpc) is 3.01. The standard InChI is InChI=1S/C22H20N4O4/c1-14-12-16(26(28)29)7-10-19(14)24-21-20-18(4-3-11-23-20)22(27)25(21)13-15-5-8-17(30-2)9-6-15/h3-12,21,24H,13H2,1-2H3/t21-/m0/s1. The number of hydrogen-bond donors (Lipinski definition) is 1. The van der Waals surface area contributed by atoms with Crippen molar-refractivity contribution in [3.05, 3.63) is 93.3 Å². The Balaban J connectivity index is 1.66. The molecule has 1 aliphatic heterocycles. The first-order valence-corrected chi connectivity index (χ1v) is 9.38. The Kier molecular flexibility index (Phi) is 5.05. The molecule has 0 saturated heterocycles. The maximum absolute atomic E-state index is 13.1. The van der Waals surface area contributed by atoms with Gasteiger partial charge in [0.1, 0.15) is 11.9 Å². The van der Waals surface area contributed by atoms with E-state index < -0.39 is 11.1 Å². The third kappa shape index (κ3) is 3.55. The molecule has 2 heterocycles. The number of nitrogens with zero attached hydrogens (tertiary/aromatic N) is 3. The third-order valence-electron chi connectivity index (χ3n) is 5.13. The highest BCUT2D eigenvalue weighted by Crippen LogP contribution is 2.35. The van der Waals surface area contributed by atoms with Crippen LogP contribution in [0.15, 0.2) is 60.8 Å². The summed E-state index contributed by atoms with van der Waals surface area (Å²) in [7, 11) is 1.60. The van der Waals surface area contributed by atoms with E-state index in [9.17, 15) is 14.9 Å². The van der Waals surface area contributed by atoms with Crippen LogP contribution >= 0.6 is 0 Å². The van der Waals surface area contributed by atoms with Gasteiger partial charge in [-0.2, -0.15) is 0 Å². The van der Waals surface area contributed by atoms with Crippen LogP contribution in [0, 0.1) is 17.0 Å². The van der Waals surface area contributed by atoms with Gasteiger partial charge in [0, 0.05) is 30.6 Å². The number of fused-ring (bicyclic) bond motifs is 1. The molecule has 0 radical (unpaired) electrons. The first kappa shape index (κ1) is 19.4. The van der Waals surface area contributed by atoms with Gasteiger partial charge in [0.2, 0.25) is 0 Å². The third-order valence-corrected chi connectivity index (χ3v) is 5.13. The fourth-order valence-corrected chi connectivity index (χ4v) is 3.54. The molecule has 1 aromatic heterocycles. The quantitative estimate of drug-likeness (QED) is 0.491. The molecule has 0 spiro atoms. The molecule has 2 aromatic carbocycles. The summed E-state index contributed by atoms with van der Waals surface area (Å²) in [6.07, 6.45) is 1.16. The number of carbonyl (C=O) groups excluding carboxylic acids is 1. The monoisotopic (exact) mass is 404 g/mol. The number of non-ortho nitro benzene ring substituents is 1. The zero-order valence-corrected chi connectivity index (χ0v) is 16.5. The Morgan fingerprint density at radius 1 is 1.20 bits per heavy atom. The molecule has 0 bridgehead atoms. The van der Waals surface area contributed by atoms with E-state index in [-0.39, 0.29) is 11.6 Å². The Labute approximate surface area is 173 Å². The molecule has 1 atom stereocenters. The van der Waals surface area contributed by atoms with Gasteiger partial charge in [-0.05, 0) is 48.4 Å². The Morgan fingerprint density at radius 3 is 2.63 bits per heavy atom. The topological polar surface area (TPSA) is 97.6 Å². The molecule has 0 saturated carbocycles. The van der Waals surface area contributed by atoms with Crippen molar-refractivity contribution in [3.63, 3.8) is 0 Å². The van der Waals surface area contributed by atoms with Gasteiger partial charge in [0.15, 0.2) is 0 Å². The van der Waals surface area contributed by atoms with Crippen molar-refractivity contribution in [2.24, 2.45) is 0 Å². The van der Waals surface area contributed by atoms with Crippen LogP contribution in [0.25, 0.3) is 0 Å². The molecule has 152 valence electrons. The van der Waals surface area contributed by atoms with E-state index in [0.717, 1.165) is 11.3 Å². The van der Waals surface area contributed by atoms with Crippen LogP contribution in [-0.2, 0) is 6.54 Å². The molecule has 1 N–H and O–H groups in total. The lowest BCUT2D eigenvalue weighted by Gasteiger charge is -2.27. The number of aryl methyl sites for hydroxylation is 1. The van der Waals surface area contributed by atoms with Crippen molar-refractivity contribution in [2.75, 3.05) is 12.4 Å². The Bertz CT molecular complexity index is 1110. The molecule has 1 aliphatic rings.